The van der Waals surface area contributed by atoms with E-state index in [1.165, 1.54) is 0 Å². The van der Waals surface area contributed by atoms with E-state index in [1.807, 2.05) is 25.4 Å². The summed E-state index contributed by atoms with van der Waals surface area (Å²) in [6.45, 7) is 6.39. The van der Waals surface area contributed by atoms with Crippen LogP contribution in [-0.2, 0) is 0 Å². The SMILES string of the molecule is Cc1cc(C(=O)NC[C@@H]2CCCN(c3nccs3)C2)c(C)o1. The van der Waals surface area contributed by atoms with Crippen LogP contribution in [0.1, 0.15) is 34.7 Å². The Balaban J connectivity index is 1.55. The van der Waals surface area contributed by atoms with Crippen molar-refractivity contribution in [3.63, 3.8) is 0 Å². The van der Waals surface area contributed by atoms with E-state index >= 15 is 0 Å². The number of anilines is 1. The summed E-state index contributed by atoms with van der Waals surface area (Å²) < 4.78 is 5.42. The molecular formula is C16H21N3O2S. The Labute approximate surface area is 134 Å². The molecule has 0 saturated carbocycles. The van der Waals surface area contributed by atoms with Crippen LogP contribution >= 0.6 is 11.3 Å². The molecule has 0 bridgehead atoms. The molecule has 3 rings (SSSR count). The number of hydrogen-bond acceptors (Lipinski definition) is 5. The Kier molecular flexibility index (Phi) is 4.47. The maximum atomic E-state index is 12.2. The van der Waals surface area contributed by atoms with Crippen LogP contribution in [0.2, 0.25) is 0 Å². The lowest BCUT2D eigenvalue weighted by Crippen LogP contribution is -2.41. The lowest BCUT2D eigenvalue weighted by molar-refractivity contribution is 0.0944. The number of aromatic nitrogens is 1. The minimum absolute atomic E-state index is 0.0410. The normalized spacial score (nSPS) is 18.5. The van der Waals surface area contributed by atoms with Gasteiger partial charge in [0.1, 0.15) is 11.5 Å². The van der Waals surface area contributed by atoms with Gasteiger partial charge in [0, 0.05) is 31.2 Å². The molecular weight excluding hydrogens is 298 g/mol. The van der Waals surface area contributed by atoms with Crippen molar-refractivity contribution in [2.75, 3.05) is 24.5 Å². The topological polar surface area (TPSA) is 58.4 Å². The lowest BCUT2D eigenvalue weighted by Gasteiger charge is -2.32. The Hall–Kier alpha value is -1.82. The number of nitrogens with zero attached hydrogens (tertiary/aromatic N) is 2. The molecule has 2 aromatic rings. The first-order chi connectivity index (χ1) is 10.6. The van der Waals surface area contributed by atoms with Crippen molar-refractivity contribution in [1.29, 1.82) is 0 Å². The lowest BCUT2D eigenvalue weighted by atomic mass is 9.98. The molecule has 118 valence electrons. The standard InChI is InChI=1S/C16H21N3O2S/c1-11-8-14(12(2)21-11)15(20)18-9-13-4-3-6-19(10-13)16-17-5-7-22-16/h5,7-8,13H,3-4,6,9-10H2,1-2H3,(H,18,20)/t13-/m0/s1. The maximum Gasteiger partial charge on any atom is 0.254 e. The molecule has 2 aromatic heterocycles. The van der Waals surface area contributed by atoms with Crippen molar-refractivity contribution in [1.82, 2.24) is 10.3 Å². The maximum absolute atomic E-state index is 12.2. The van der Waals surface area contributed by atoms with Gasteiger partial charge in [-0.3, -0.25) is 4.79 Å². The third-order valence-corrected chi connectivity index (χ3v) is 4.88. The van der Waals surface area contributed by atoms with Crippen molar-refractivity contribution in [3.8, 4) is 0 Å². The number of amides is 1. The largest absolute Gasteiger partial charge is 0.466 e. The molecule has 3 heterocycles. The number of aryl methyl sites for hydroxylation is 2. The molecule has 0 radical (unpaired) electrons. The van der Waals surface area contributed by atoms with Crippen LogP contribution in [0.15, 0.2) is 22.1 Å². The number of hydrogen-bond donors (Lipinski definition) is 1. The summed E-state index contributed by atoms with van der Waals surface area (Å²) >= 11 is 1.67. The molecule has 1 aliphatic rings. The van der Waals surface area contributed by atoms with Gasteiger partial charge >= 0.3 is 0 Å². The zero-order valence-electron chi connectivity index (χ0n) is 13.0. The predicted octanol–water partition coefficient (Wildman–Crippen LogP) is 3.00. The Morgan fingerprint density at radius 3 is 3.09 bits per heavy atom. The highest BCUT2D eigenvalue weighted by Gasteiger charge is 2.22. The molecule has 1 atom stereocenters. The number of thiazole rings is 1. The third-order valence-electron chi connectivity index (χ3n) is 4.05. The van der Waals surface area contributed by atoms with Crippen LogP contribution in [-0.4, -0.2) is 30.5 Å². The first kappa shape index (κ1) is 15.1. The average Bonchev–Trinajstić information content (AvgIpc) is 3.15. The summed E-state index contributed by atoms with van der Waals surface area (Å²) in [7, 11) is 0. The summed E-state index contributed by atoms with van der Waals surface area (Å²) in [6, 6.07) is 1.80. The van der Waals surface area contributed by atoms with Crippen LogP contribution in [0.5, 0.6) is 0 Å². The Morgan fingerprint density at radius 2 is 2.41 bits per heavy atom. The molecule has 1 N–H and O–H groups in total. The van der Waals surface area contributed by atoms with Crippen LogP contribution in [0.3, 0.4) is 0 Å². The molecule has 1 fully saturated rings. The number of piperidine rings is 1. The van der Waals surface area contributed by atoms with Crippen molar-refractivity contribution >= 4 is 22.4 Å². The van der Waals surface area contributed by atoms with Crippen LogP contribution in [0.25, 0.3) is 0 Å². The highest BCUT2D eigenvalue weighted by molar-refractivity contribution is 7.13. The van der Waals surface area contributed by atoms with E-state index in [9.17, 15) is 4.79 Å². The molecule has 0 spiro atoms. The first-order valence-corrected chi connectivity index (χ1v) is 8.51. The van der Waals surface area contributed by atoms with Crippen molar-refractivity contribution in [2.24, 2.45) is 5.92 Å². The smallest absolute Gasteiger partial charge is 0.254 e. The molecule has 1 amide bonds. The minimum atomic E-state index is -0.0410. The number of rotatable bonds is 4. The van der Waals surface area contributed by atoms with E-state index in [4.69, 9.17) is 4.42 Å². The number of carbonyl (C=O) groups is 1. The second kappa shape index (κ2) is 6.52. The van der Waals surface area contributed by atoms with E-state index < -0.39 is 0 Å². The van der Waals surface area contributed by atoms with Gasteiger partial charge in [0.15, 0.2) is 5.13 Å². The van der Waals surface area contributed by atoms with E-state index in [2.05, 4.69) is 15.2 Å². The molecule has 5 nitrogen and oxygen atoms in total. The van der Waals surface area contributed by atoms with Gasteiger partial charge in [0.2, 0.25) is 0 Å². The zero-order valence-corrected chi connectivity index (χ0v) is 13.8. The highest BCUT2D eigenvalue weighted by atomic mass is 32.1. The average molecular weight is 319 g/mol. The quantitative estimate of drug-likeness (QED) is 0.941. The first-order valence-electron chi connectivity index (χ1n) is 7.63. The van der Waals surface area contributed by atoms with Crippen molar-refractivity contribution in [3.05, 3.63) is 34.7 Å². The monoisotopic (exact) mass is 319 g/mol. The number of nitrogens with one attached hydrogen (secondary N) is 1. The minimum Gasteiger partial charge on any atom is -0.466 e. The second-order valence-electron chi connectivity index (χ2n) is 5.81. The van der Waals surface area contributed by atoms with Crippen LogP contribution in [0, 0.1) is 19.8 Å². The molecule has 0 unspecified atom stereocenters. The van der Waals surface area contributed by atoms with Gasteiger partial charge < -0.3 is 14.6 Å². The summed E-state index contributed by atoms with van der Waals surface area (Å²) in [4.78, 5) is 18.9. The summed E-state index contributed by atoms with van der Waals surface area (Å²) in [5.41, 5.74) is 0.644. The Bertz CT molecular complexity index is 636. The van der Waals surface area contributed by atoms with Gasteiger partial charge in [-0.05, 0) is 38.7 Å². The molecule has 6 heteroatoms. The van der Waals surface area contributed by atoms with Crippen LogP contribution < -0.4 is 10.2 Å². The molecule has 22 heavy (non-hydrogen) atoms. The van der Waals surface area contributed by atoms with E-state index in [0.717, 1.165) is 36.8 Å². The fourth-order valence-corrected chi connectivity index (χ4v) is 3.65. The zero-order chi connectivity index (χ0) is 15.5. The number of furan rings is 1. The van der Waals surface area contributed by atoms with Gasteiger partial charge in [-0.15, -0.1) is 11.3 Å². The second-order valence-corrected chi connectivity index (χ2v) is 6.68. The van der Waals surface area contributed by atoms with Crippen molar-refractivity contribution < 1.29 is 9.21 Å². The van der Waals surface area contributed by atoms with E-state index in [-0.39, 0.29) is 5.91 Å². The molecule has 1 aliphatic heterocycles. The summed E-state index contributed by atoms with van der Waals surface area (Å²) in [6.07, 6.45) is 4.13. The van der Waals surface area contributed by atoms with Crippen LogP contribution in [0.4, 0.5) is 5.13 Å². The van der Waals surface area contributed by atoms with E-state index in [0.29, 0.717) is 23.8 Å². The predicted molar refractivity (Wildman–Crippen MR) is 87.6 cm³/mol. The van der Waals surface area contributed by atoms with Gasteiger partial charge in [-0.25, -0.2) is 4.98 Å². The van der Waals surface area contributed by atoms with Gasteiger partial charge in [-0.2, -0.15) is 0 Å². The Morgan fingerprint density at radius 1 is 1.55 bits per heavy atom. The number of carbonyl (C=O) groups excluding carboxylic acids is 1. The van der Waals surface area contributed by atoms with Gasteiger partial charge in [0.05, 0.1) is 5.56 Å². The summed E-state index contributed by atoms with van der Waals surface area (Å²) in [5, 5.41) is 6.13. The van der Waals surface area contributed by atoms with Gasteiger partial charge in [-0.1, -0.05) is 0 Å². The summed E-state index contributed by atoms with van der Waals surface area (Å²) in [5.74, 6) is 1.88. The molecule has 0 aromatic carbocycles. The molecule has 0 aliphatic carbocycles. The van der Waals surface area contributed by atoms with E-state index in [1.54, 1.807) is 17.4 Å². The van der Waals surface area contributed by atoms with Crippen molar-refractivity contribution in [2.45, 2.75) is 26.7 Å². The fourth-order valence-electron chi connectivity index (χ4n) is 2.97. The molecule has 1 saturated heterocycles. The fraction of sp³-hybridized carbons (Fsp3) is 0.500. The third kappa shape index (κ3) is 3.32. The van der Waals surface area contributed by atoms with Gasteiger partial charge in [0.25, 0.3) is 5.91 Å². The highest BCUT2D eigenvalue weighted by Crippen LogP contribution is 2.24.